The smallest absolute Gasteiger partial charge is 0.0417 e. The Hall–Kier alpha value is -0.890. The number of hydrogen-bond donors (Lipinski definition) is 1. The first-order valence-corrected chi connectivity index (χ1v) is 5.87. The van der Waals surface area contributed by atoms with E-state index in [0.717, 1.165) is 18.8 Å². The molecule has 82 valence electrons. The van der Waals surface area contributed by atoms with Gasteiger partial charge < -0.3 is 5.32 Å². The van der Waals surface area contributed by atoms with E-state index in [1.165, 1.54) is 24.8 Å². The van der Waals surface area contributed by atoms with Crippen LogP contribution in [0.4, 0.5) is 0 Å². The molecular weight excluding hydrogens is 184 g/mol. The molecule has 0 unspecified atom stereocenters. The van der Waals surface area contributed by atoms with Crippen LogP contribution in [0.25, 0.3) is 0 Å². The zero-order chi connectivity index (χ0) is 10.7. The average Bonchev–Trinajstić information content (AvgIpc) is 3.02. The highest BCUT2D eigenvalue weighted by Crippen LogP contribution is 2.47. The average molecular weight is 204 g/mol. The van der Waals surface area contributed by atoms with Gasteiger partial charge in [-0.3, -0.25) is 4.98 Å². The van der Waals surface area contributed by atoms with Gasteiger partial charge in [-0.15, -0.1) is 0 Å². The lowest BCUT2D eigenvalue weighted by atomic mass is 10.0. The minimum absolute atomic E-state index is 0.635. The van der Waals surface area contributed by atoms with Crippen LogP contribution < -0.4 is 5.32 Å². The molecule has 0 bridgehead atoms. The van der Waals surface area contributed by atoms with Gasteiger partial charge in [-0.25, -0.2) is 0 Å². The lowest BCUT2D eigenvalue weighted by molar-refractivity contribution is 0.443. The molecule has 1 aromatic heterocycles. The molecule has 0 saturated heterocycles. The highest BCUT2D eigenvalue weighted by atomic mass is 14.9. The summed E-state index contributed by atoms with van der Waals surface area (Å²) < 4.78 is 0. The van der Waals surface area contributed by atoms with Gasteiger partial charge >= 0.3 is 0 Å². The number of nitrogens with one attached hydrogen (secondary N) is 1. The lowest BCUT2D eigenvalue weighted by Gasteiger charge is -2.13. The molecule has 1 heterocycles. The maximum Gasteiger partial charge on any atom is 0.0417 e. The van der Waals surface area contributed by atoms with Crippen molar-refractivity contribution in [1.29, 1.82) is 0 Å². The fourth-order valence-electron chi connectivity index (χ4n) is 2.00. The molecule has 0 spiro atoms. The normalized spacial score (nSPS) is 17.7. The van der Waals surface area contributed by atoms with Crippen molar-refractivity contribution in [2.45, 2.75) is 39.7 Å². The van der Waals surface area contributed by atoms with Gasteiger partial charge in [0.05, 0.1) is 0 Å². The van der Waals surface area contributed by atoms with Crippen LogP contribution >= 0.6 is 0 Å². The van der Waals surface area contributed by atoms with E-state index in [0.29, 0.717) is 5.41 Å². The Morgan fingerprint density at radius 1 is 1.47 bits per heavy atom. The predicted octanol–water partition coefficient (Wildman–Crippen LogP) is 2.67. The fourth-order valence-corrected chi connectivity index (χ4v) is 2.00. The van der Waals surface area contributed by atoms with Gasteiger partial charge in [0.1, 0.15) is 0 Å². The number of aryl methyl sites for hydroxylation is 1. The molecular formula is C13H20N2. The van der Waals surface area contributed by atoms with Crippen molar-refractivity contribution in [2.75, 3.05) is 6.54 Å². The Labute approximate surface area is 92.1 Å². The van der Waals surface area contributed by atoms with Crippen molar-refractivity contribution in [3.05, 3.63) is 29.6 Å². The van der Waals surface area contributed by atoms with Gasteiger partial charge in [0.2, 0.25) is 0 Å². The molecule has 1 fully saturated rings. The molecule has 0 aromatic carbocycles. The molecule has 2 rings (SSSR count). The van der Waals surface area contributed by atoms with E-state index in [9.17, 15) is 0 Å². The second-order valence-corrected chi connectivity index (χ2v) is 4.71. The third-order valence-corrected chi connectivity index (χ3v) is 3.64. The van der Waals surface area contributed by atoms with Crippen LogP contribution in [0.1, 0.15) is 37.4 Å². The number of hydrogen-bond acceptors (Lipinski definition) is 2. The summed E-state index contributed by atoms with van der Waals surface area (Å²) in [5, 5.41) is 3.56. The van der Waals surface area contributed by atoms with Crippen LogP contribution in [0.15, 0.2) is 18.3 Å². The molecule has 1 aliphatic carbocycles. The number of rotatable bonds is 5. The molecule has 15 heavy (non-hydrogen) atoms. The number of pyridine rings is 1. The zero-order valence-corrected chi connectivity index (χ0v) is 9.71. The predicted molar refractivity (Wildman–Crippen MR) is 62.6 cm³/mol. The van der Waals surface area contributed by atoms with Crippen LogP contribution in [0.5, 0.6) is 0 Å². The van der Waals surface area contributed by atoms with Crippen molar-refractivity contribution in [3.63, 3.8) is 0 Å². The SMILES string of the molecule is CCC1(CNCc2cccnc2C)CC1. The van der Waals surface area contributed by atoms with Crippen molar-refractivity contribution in [3.8, 4) is 0 Å². The molecule has 1 saturated carbocycles. The second-order valence-electron chi connectivity index (χ2n) is 4.71. The van der Waals surface area contributed by atoms with Crippen molar-refractivity contribution < 1.29 is 0 Å². The molecule has 0 radical (unpaired) electrons. The van der Waals surface area contributed by atoms with Gasteiger partial charge in [-0.2, -0.15) is 0 Å². The molecule has 2 heteroatoms. The van der Waals surface area contributed by atoms with E-state index in [1.807, 2.05) is 12.3 Å². The van der Waals surface area contributed by atoms with Crippen LogP contribution in [-0.4, -0.2) is 11.5 Å². The van der Waals surface area contributed by atoms with E-state index in [-0.39, 0.29) is 0 Å². The summed E-state index contributed by atoms with van der Waals surface area (Å²) in [6.07, 6.45) is 5.98. The topological polar surface area (TPSA) is 24.9 Å². The molecule has 1 N–H and O–H groups in total. The first-order chi connectivity index (χ1) is 7.26. The lowest BCUT2D eigenvalue weighted by Crippen LogP contribution is -2.23. The first kappa shape index (κ1) is 10.6. The number of nitrogens with zero attached hydrogens (tertiary/aromatic N) is 1. The zero-order valence-electron chi connectivity index (χ0n) is 9.71. The summed E-state index contributed by atoms with van der Waals surface area (Å²) in [6.45, 7) is 6.49. The highest BCUT2D eigenvalue weighted by molar-refractivity contribution is 5.17. The van der Waals surface area contributed by atoms with E-state index >= 15 is 0 Å². The summed E-state index contributed by atoms with van der Waals surface area (Å²) >= 11 is 0. The molecule has 1 aliphatic rings. The Morgan fingerprint density at radius 2 is 2.27 bits per heavy atom. The van der Waals surface area contributed by atoms with Gasteiger partial charge in [0.15, 0.2) is 0 Å². The van der Waals surface area contributed by atoms with E-state index in [4.69, 9.17) is 0 Å². The largest absolute Gasteiger partial charge is 0.312 e. The summed E-state index contributed by atoms with van der Waals surface area (Å²) in [5.74, 6) is 0. The summed E-state index contributed by atoms with van der Waals surface area (Å²) in [6, 6.07) is 4.16. The maximum atomic E-state index is 4.29. The number of aromatic nitrogens is 1. The fraction of sp³-hybridized carbons (Fsp3) is 0.615. The standard InChI is InChI=1S/C13H20N2/c1-3-13(6-7-13)10-14-9-12-5-4-8-15-11(12)2/h4-5,8,14H,3,6-7,9-10H2,1-2H3. The van der Waals surface area contributed by atoms with Crippen molar-refractivity contribution in [2.24, 2.45) is 5.41 Å². The minimum Gasteiger partial charge on any atom is -0.312 e. The van der Waals surface area contributed by atoms with Crippen LogP contribution in [0, 0.1) is 12.3 Å². The van der Waals surface area contributed by atoms with Crippen LogP contribution in [0.3, 0.4) is 0 Å². The molecule has 0 aliphatic heterocycles. The first-order valence-electron chi connectivity index (χ1n) is 5.87. The van der Waals surface area contributed by atoms with E-state index in [1.54, 1.807) is 0 Å². The molecule has 2 nitrogen and oxygen atoms in total. The van der Waals surface area contributed by atoms with Gasteiger partial charge in [0.25, 0.3) is 0 Å². The molecule has 1 aromatic rings. The summed E-state index contributed by atoms with van der Waals surface area (Å²) in [4.78, 5) is 4.29. The maximum absolute atomic E-state index is 4.29. The summed E-state index contributed by atoms with van der Waals surface area (Å²) in [7, 11) is 0. The summed E-state index contributed by atoms with van der Waals surface area (Å²) in [5.41, 5.74) is 3.10. The van der Waals surface area contributed by atoms with E-state index in [2.05, 4.69) is 30.2 Å². The Kier molecular flexibility index (Phi) is 3.06. The molecule has 0 amide bonds. The van der Waals surface area contributed by atoms with Crippen LogP contribution in [-0.2, 0) is 6.54 Å². The third kappa shape index (κ3) is 2.57. The van der Waals surface area contributed by atoms with Crippen molar-refractivity contribution in [1.82, 2.24) is 10.3 Å². The second kappa shape index (κ2) is 4.31. The van der Waals surface area contributed by atoms with Gasteiger partial charge in [0, 0.05) is 25.0 Å². The Balaban J connectivity index is 1.81. The Bertz CT molecular complexity index is 329. The highest BCUT2D eigenvalue weighted by Gasteiger charge is 2.39. The molecule has 0 atom stereocenters. The van der Waals surface area contributed by atoms with E-state index < -0.39 is 0 Å². The quantitative estimate of drug-likeness (QED) is 0.797. The van der Waals surface area contributed by atoms with Crippen molar-refractivity contribution >= 4 is 0 Å². The minimum atomic E-state index is 0.635. The monoisotopic (exact) mass is 204 g/mol. The third-order valence-electron chi connectivity index (χ3n) is 3.64. The van der Waals surface area contributed by atoms with Gasteiger partial charge in [-0.1, -0.05) is 13.0 Å². The Morgan fingerprint density at radius 3 is 2.87 bits per heavy atom. The van der Waals surface area contributed by atoms with Crippen LogP contribution in [0.2, 0.25) is 0 Å². The van der Waals surface area contributed by atoms with Gasteiger partial charge in [-0.05, 0) is 43.2 Å².